The van der Waals surface area contributed by atoms with Crippen LogP contribution in [0.25, 0.3) is 11.1 Å². The Labute approximate surface area is 150 Å². The van der Waals surface area contributed by atoms with E-state index in [1.165, 1.54) is 68.1 Å². The lowest BCUT2D eigenvalue weighted by Gasteiger charge is -2.34. The highest BCUT2D eigenvalue weighted by Crippen LogP contribution is 2.55. The fourth-order valence-corrected chi connectivity index (χ4v) is 5.30. The average Bonchev–Trinajstić information content (AvgIpc) is 3.05. The van der Waals surface area contributed by atoms with E-state index in [2.05, 4.69) is 30.3 Å². The van der Waals surface area contributed by atoms with Crippen LogP contribution >= 0.6 is 0 Å². The van der Waals surface area contributed by atoms with Gasteiger partial charge >= 0.3 is 0 Å². The van der Waals surface area contributed by atoms with Crippen LogP contribution in [-0.2, 0) is 0 Å². The Morgan fingerprint density at radius 1 is 0.920 bits per heavy atom. The van der Waals surface area contributed by atoms with Crippen LogP contribution in [0.1, 0.15) is 73.2 Å². The van der Waals surface area contributed by atoms with Gasteiger partial charge in [-0.3, -0.25) is 4.79 Å². The molecule has 1 unspecified atom stereocenters. The number of primary amides is 1. The van der Waals surface area contributed by atoms with Crippen molar-refractivity contribution in [3.05, 3.63) is 59.7 Å². The Hall–Kier alpha value is -2.09. The van der Waals surface area contributed by atoms with Gasteiger partial charge in [0.15, 0.2) is 0 Å². The van der Waals surface area contributed by atoms with Crippen LogP contribution in [0, 0.1) is 5.41 Å². The number of hydrogen-bond acceptors (Lipinski definition) is 1. The molecule has 0 bridgehead atoms. The molecule has 2 heteroatoms. The number of amides is 1. The van der Waals surface area contributed by atoms with Crippen LogP contribution in [0.2, 0.25) is 0 Å². The first-order valence-electron chi connectivity index (χ1n) is 9.67. The van der Waals surface area contributed by atoms with Crippen molar-refractivity contribution in [2.75, 3.05) is 0 Å². The van der Waals surface area contributed by atoms with E-state index < -0.39 is 0 Å². The molecule has 0 aliphatic heterocycles. The van der Waals surface area contributed by atoms with Crippen molar-refractivity contribution in [2.24, 2.45) is 11.1 Å². The summed E-state index contributed by atoms with van der Waals surface area (Å²) >= 11 is 0. The SMILES string of the molecule is NC(=O)c1cccc(-c2ccccc2)c1C1CCC2(CCCCC2)C1. The molecule has 2 saturated carbocycles. The van der Waals surface area contributed by atoms with Gasteiger partial charge < -0.3 is 5.73 Å². The molecule has 25 heavy (non-hydrogen) atoms. The molecule has 2 aliphatic carbocycles. The molecule has 2 nitrogen and oxygen atoms in total. The zero-order valence-electron chi connectivity index (χ0n) is 14.8. The molecule has 1 spiro atoms. The van der Waals surface area contributed by atoms with Gasteiger partial charge in [-0.25, -0.2) is 0 Å². The molecular weight excluding hydrogens is 306 g/mol. The molecule has 2 fully saturated rings. The summed E-state index contributed by atoms with van der Waals surface area (Å²) in [6, 6.07) is 16.5. The van der Waals surface area contributed by atoms with Crippen molar-refractivity contribution in [3.8, 4) is 11.1 Å². The number of rotatable bonds is 3. The van der Waals surface area contributed by atoms with Crippen molar-refractivity contribution in [1.82, 2.24) is 0 Å². The number of carbonyl (C=O) groups excluding carboxylic acids is 1. The van der Waals surface area contributed by atoms with E-state index in [0.717, 1.165) is 5.56 Å². The molecule has 2 aromatic carbocycles. The van der Waals surface area contributed by atoms with Crippen molar-refractivity contribution in [2.45, 2.75) is 57.3 Å². The number of benzene rings is 2. The smallest absolute Gasteiger partial charge is 0.249 e. The summed E-state index contributed by atoms with van der Waals surface area (Å²) in [5.74, 6) is 0.161. The summed E-state index contributed by atoms with van der Waals surface area (Å²) in [6.07, 6.45) is 10.6. The number of nitrogens with two attached hydrogens (primary N) is 1. The molecule has 1 amide bonds. The van der Waals surface area contributed by atoms with Gasteiger partial charge in [-0.05, 0) is 66.2 Å². The summed E-state index contributed by atoms with van der Waals surface area (Å²) in [5, 5.41) is 0. The topological polar surface area (TPSA) is 43.1 Å². The summed E-state index contributed by atoms with van der Waals surface area (Å²) in [5.41, 5.74) is 10.6. The second kappa shape index (κ2) is 6.67. The third-order valence-electron chi connectivity index (χ3n) is 6.48. The molecule has 4 rings (SSSR count). The second-order valence-corrected chi connectivity index (χ2v) is 8.00. The maximum absolute atomic E-state index is 12.2. The molecule has 0 saturated heterocycles. The summed E-state index contributed by atoms with van der Waals surface area (Å²) in [6.45, 7) is 0. The van der Waals surface area contributed by atoms with Crippen molar-refractivity contribution < 1.29 is 4.79 Å². The van der Waals surface area contributed by atoms with E-state index in [0.29, 0.717) is 11.3 Å². The van der Waals surface area contributed by atoms with E-state index in [1.54, 1.807) is 0 Å². The predicted molar refractivity (Wildman–Crippen MR) is 103 cm³/mol. The largest absolute Gasteiger partial charge is 0.366 e. The quantitative estimate of drug-likeness (QED) is 0.772. The fourth-order valence-electron chi connectivity index (χ4n) is 5.30. The van der Waals surface area contributed by atoms with Crippen LogP contribution < -0.4 is 5.73 Å². The number of hydrogen-bond donors (Lipinski definition) is 1. The predicted octanol–water partition coefficient (Wildman–Crippen LogP) is 5.67. The lowest BCUT2D eigenvalue weighted by molar-refractivity contribution is 0.0998. The van der Waals surface area contributed by atoms with Crippen LogP contribution in [0.4, 0.5) is 0 Å². The lowest BCUT2D eigenvalue weighted by Crippen LogP contribution is -2.21. The summed E-state index contributed by atoms with van der Waals surface area (Å²) < 4.78 is 0. The van der Waals surface area contributed by atoms with Crippen molar-refractivity contribution in [1.29, 1.82) is 0 Å². The fraction of sp³-hybridized carbons (Fsp3) is 0.435. The minimum absolute atomic E-state index is 0.294. The van der Waals surface area contributed by atoms with Crippen LogP contribution in [-0.4, -0.2) is 5.91 Å². The Kier molecular flexibility index (Phi) is 4.37. The maximum atomic E-state index is 12.2. The van der Waals surface area contributed by atoms with Crippen molar-refractivity contribution >= 4 is 5.91 Å². The lowest BCUT2D eigenvalue weighted by atomic mass is 9.71. The molecular formula is C23H27NO. The van der Waals surface area contributed by atoms with Crippen molar-refractivity contribution in [3.63, 3.8) is 0 Å². The Morgan fingerprint density at radius 3 is 2.40 bits per heavy atom. The normalized spacial score (nSPS) is 22.2. The highest BCUT2D eigenvalue weighted by Gasteiger charge is 2.41. The van der Waals surface area contributed by atoms with Gasteiger partial charge in [-0.15, -0.1) is 0 Å². The van der Waals surface area contributed by atoms with E-state index >= 15 is 0 Å². The summed E-state index contributed by atoms with van der Waals surface area (Å²) in [4.78, 5) is 12.2. The van der Waals surface area contributed by atoms with E-state index in [4.69, 9.17) is 5.73 Å². The standard InChI is InChI=1S/C23H27NO/c24-22(25)20-11-7-10-19(17-8-3-1-4-9-17)21(20)18-12-15-23(16-18)13-5-2-6-14-23/h1,3-4,7-11,18H,2,5-6,12-16H2,(H2,24,25). The van der Waals surface area contributed by atoms with Gasteiger partial charge in [0.05, 0.1) is 0 Å². The molecule has 1 atom stereocenters. The van der Waals surface area contributed by atoms with Crippen LogP contribution in [0.3, 0.4) is 0 Å². The van der Waals surface area contributed by atoms with E-state index in [1.807, 2.05) is 18.2 Å². The Balaban J connectivity index is 1.76. The molecule has 2 N–H and O–H groups in total. The second-order valence-electron chi connectivity index (χ2n) is 8.00. The molecule has 2 aromatic rings. The first kappa shape index (κ1) is 16.4. The highest BCUT2D eigenvalue weighted by molar-refractivity contribution is 5.96. The third kappa shape index (κ3) is 3.10. The van der Waals surface area contributed by atoms with Gasteiger partial charge in [-0.2, -0.15) is 0 Å². The van der Waals surface area contributed by atoms with Gasteiger partial charge in [0, 0.05) is 5.56 Å². The minimum atomic E-state index is -0.294. The third-order valence-corrected chi connectivity index (χ3v) is 6.48. The average molecular weight is 333 g/mol. The minimum Gasteiger partial charge on any atom is -0.366 e. The van der Waals surface area contributed by atoms with Crippen LogP contribution in [0.5, 0.6) is 0 Å². The summed E-state index contributed by atoms with van der Waals surface area (Å²) in [7, 11) is 0. The number of carbonyl (C=O) groups is 1. The monoisotopic (exact) mass is 333 g/mol. The highest BCUT2D eigenvalue weighted by atomic mass is 16.1. The maximum Gasteiger partial charge on any atom is 0.249 e. The first-order valence-corrected chi connectivity index (χ1v) is 9.67. The van der Waals surface area contributed by atoms with Gasteiger partial charge in [0.2, 0.25) is 5.91 Å². The molecule has 0 radical (unpaired) electrons. The van der Waals surface area contributed by atoms with Gasteiger partial charge in [0.25, 0.3) is 0 Å². The molecule has 130 valence electrons. The molecule has 0 heterocycles. The van der Waals surface area contributed by atoms with Gasteiger partial charge in [0.1, 0.15) is 0 Å². The molecule has 2 aliphatic rings. The zero-order chi connectivity index (χ0) is 17.3. The van der Waals surface area contributed by atoms with E-state index in [9.17, 15) is 4.79 Å². The zero-order valence-corrected chi connectivity index (χ0v) is 14.8. The van der Waals surface area contributed by atoms with Gasteiger partial charge in [-0.1, -0.05) is 61.7 Å². The first-order chi connectivity index (χ1) is 12.2. The van der Waals surface area contributed by atoms with Crippen LogP contribution in [0.15, 0.2) is 48.5 Å². The Morgan fingerprint density at radius 2 is 1.68 bits per heavy atom. The Bertz CT molecular complexity index is 759. The molecule has 0 aromatic heterocycles. The van der Waals surface area contributed by atoms with E-state index in [-0.39, 0.29) is 5.91 Å².